The first-order valence-corrected chi connectivity index (χ1v) is 10.5. The summed E-state index contributed by atoms with van der Waals surface area (Å²) >= 11 is 7.27. The molecule has 0 fully saturated rings. The fourth-order valence-corrected chi connectivity index (χ4v) is 4.11. The Labute approximate surface area is 182 Å². The van der Waals surface area contributed by atoms with E-state index in [9.17, 15) is 9.59 Å². The Bertz CT molecular complexity index is 1270. The number of Topliss-reactive ketones (excluding diaryl/α,β-unsaturated/α-hetero) is 1. The van der Waals surface area contributed by atoms with Crippen LogP contribution in [-0.2, 0) is 0 Å². The maximum atomic E-state index is 12.7. The molecular weight excluding hydrogens is 420 g/mol. The summed E-state index contributed by atoms with van der Waals surface area (Å²) in [5.74, 6) is 0.768. The van der Waals surface area contributed by atoms with Gasteiger partial charge in [-0.15, -0.1) is 0 Å². The molecule has 0 unspecified atom stereocenters. The minimum atomic E-state index is -0.324. The van der Waals surface area contributed by atoms with E-state index in [-0.39, 0.29) is 17.1 Å². The number of hydrogen-bond donors (Lipinski definition) is 0. The van der Waals surface area contributed by atoms with Gasteiger partial charge in [0.1, 0.15) is 5.75 Å². The van der Waals surface area contributed by atoms with Crippen LogP contribution in [0.1, 0.15) is 10.4 Å². The molecule has 0 aliphatic heterocycles. The van der Waals surface area contributed by atoms with E-state index in [0.29, 0.717) is 26.9 Å². The summed E-state index contributed by atoms with van der Waals surface area (Å²) in [4.78, 5) is 29.5. The lowest BCUT2D eigenvalue weighted by molar-refractivity contribution is 0.102. The topological polar surface area (TPSA) is 61.2 Å². The van der Waals surface area contributed by atoms with Crippen LogP contribution in [0.4, 0.5) is 0 Å². The SMILES string of the molecule is COc1ccc(C(=O)CSc2nc(=O)c3ccccc3n2-c2ccc(Cl)cc2)cc1. The second-order valence-electron chi connectivity index (χ2n) is 6.47. The number of benzene rings is 3. The van der Waals surface area contributed by atoms with Crippen molar-refractivity contribution in [2.45, 2.75) is 5.16 Å². The van der Waals surface area contributed by atoms with Gasteiger partial charge in [-0.05, 0) is 60.7 Å². The van der Waals surface area contributed by atoms with Gasteiger partial charge >= 0.3 is 0 Å². The first-order chi connectivity index (χ1) is 14.6. The molecule has 0 bridgehead atoms. The van der Waals surface area contributed by atoms with E-state index in [2.05, 4.69) is 4.98 Å². The number of aromatic nitrogens is 2. The second kappa shape index (κ2) is 8.73. The van der Waals surface area contributed by atoms with Crippen molar-refractivity contribution in [1.29, 1.82) is 0 Å². The van der Waals surface area contributed by atoms with E-state index in [1.165, 1.54) is 11.8 Å². The molecule has 0 saturated carbocycles. The van der Waals surface area contributed by atoms with Gasteiger partial charge in [0.05, 0.1) is 23.8 Å². The Morgan fingerprint density at radius 3 is 2.43 bits per heavy atom. The number of halogens is 1. The summed E-state index contributed by atoms with van der Waals surface area (Å²) in [6.45, 7) is 0. The van der Waals surface area contributed by atoms with Crippen LogP contribution in [-0.4, -0.2) is 28.2 Å². The molecule has 0 saturated heterocycles. The van der Waals surface area contributed by atoms with Crippen LogP contribution < -0.4 is 10.3 Å². The summed E-state index contributed by atoms with van der Waals surface area (Å²) < 4.78 is 7.01. The fraction of sp³-hybridized carbons (Fsp3) is 0.0870. The molecule has 0 aliphatic rings. The van der Waals surface area contributed by atoms with Gasteiger partial charge in [0.25, 0.3) is 5.56 Å². The van der Waals surface area contributed by atoms with Crippen molar-refractivity contribution in [3.8, 4) is 11.4 Å². The van der Waals surface area contributed by atoms with E-state index in [1.54, 1.807) is 55.6 Å². The molecule has 4 rings (SSSR count). The molecule has 1 heterocycles. The van der Waals surface area contributed by atoms with Crippen molar-refractivity contribution in [3.05, 3.63) is 93.7 Å². The summed E-state index contributed by atoms with van der Waals surface area (Å²) in [6.07, 6.45) is 0. The molecule has 150 valence electrons. The number of nitrogens with zero attached hydrogens (tertiary/aromatic N) is 2. The number of hydrogen-bond acceptors (Lipinski definition) is 5. The average Bonchev–Trinajstić information content (AvgIpc) is 2.78. The number of thioether (sulfide) groups is 1. The van der Waals surface area contributed by atoms with E-state index < -0.39 is 0 Å². The Morgan fingerprint density at radius 2 is 1.73 bits per heavy atom. The highest BCUT2D eigenvalue weighted by Crippen LogP contribution is 2.26. The van der Waals surface area contributed by atoms with Gasteiger partial charge < -0.3 is 4.74 Å². The Kier molecular flexibility index (Phi) is 5.88. The Hall–Kier alpha value is -3.09. The number of methoxy groups -OCH3 is 1. The standard InChI is InChI=1S/C23H17ClN2O3S/c1-29-18-12-6-15(7-13-18)21(27)14-30-23-25-22(28)19-4-2-3-5-20(19)26(23)17-10-8-16(24)9-11-17/h2-13H,14H2,1H3. The van der Waals surface area contributed by atoms with Crippen LogP contribution in [0.15, 0.2) is 82.7 Å². The molecule has 0 spiro atoms. The Morgan fingerprint density at radius 1 is 1.03 bits per heavy atom. The lowest BCUT2D eigenvalue weighted by atomic mass is 10.1. The number of fused-ring (bicyclic) bond motifs is 1. The van der Waals surface area contributed by atoms with E-state index in [0.717, 1.165) is 11.2 Å². The van der Waals surface area contributed by atoms with Crippen molar-refractivity contribution >= 4 is 40.0 Å². The van der Waals surface area contributed by atoms with Crippen LogP contribution in [0.5, 0.6) is 5.75 Å². The molecule has 0 aliphatic carbocycles. The van der Waals surface area contributed by atoms with Crippen molar-refractivity contribution in [3.63, 3.8) is 0 Å². The third-order valence-corrected chi connectivity index (χ3v) is 5.78. The van der Waals surface area contributed by atoms with Crippen molar-refractivity contribution in [1.82, 2.24) is 9.55 Å². The largest absolute Gasteiger partial charge is 0.497 e. The predicted molar refractivity (Wildman–Crippen MR) is 120 cm³/mol. The molecule has 5 nitrogen and oxygen atoms in total. The maximum Gasteiger partial charge on any atom is 0.281 e. The highest BCUT2D eigenvalue weighted by Gasteiger charge is 2.15. The number of carbonyl (C=O) groups excluding carboxylic acids is 1. The van der Waals surface area contributed by atoms with Crippen molar-refractivity contribution in [2.75, 3.05) is 12.9 Å². The van der Waals surface area contributed by atoms with Gasteiger partial charge in [-0.3, -0.25) is 14.2 Å². The molecule has 0 N–H and O–H groups in total. The first-order valence-electron chi connectivity index (χ1n) is 9.14. The Balaban J connectivity index is 1.72. The third kappa shape index (κ3) is 4.10. The first kappa shape index (κ1) is 20.2. The van der Waals surface area contributed by atoms with E-state index in [1.807, 2.05) is 28.8 Å². The number of para-hydroxylation sites is 1. The van der Waals surface area contributed by atoms with Gasteiger partial charge in [0, 0.05) is 16.3 Å². The minimum Gasteiger partial charge on any atom is -0.497 e. The lowest BCUT2D eigenvalue weighted by Gasteiger charge is -2.15. The van der Waals surface area contributed by atoms with Crippen molar-refractivity contribution in [2.24, 2.45) is 0 Å². The molecule has 0 atom stereocenters. The summed E-state index contributed by atoms with van der Waals surface area (Å²) in [5.41, 5.74) is 1.78. The molecular formula is C23H17ClN2O3S. The highest BCUT2D eigenvalue weighted by atomic mass is 35.5. The van der Waals surface area contributed by atoms with Gasteiger partial charge in [-0.25, -0.2) is 0 Å². The zero-order valence-corrected chi connectivity index (χ0v) is 17.6. The normalized spacial score (nSPS) is 10.9. The van der Waals surface area contributed by atoms with Crippen LogP contribution in [0.3, 0.4) is 0 Å². The number of ketones is 1. The predicted octanol–water partition coefficient (Wildman–Crippen LogP) is 5.02. The molecule has 7 heteroatoms. The van der Waals surface area contributed by atoms with Crippen LogP contribution >= 0.6 is 23.4 Å². The maximum absolute atomic E-state index is 12.7. The second-order valence-corrected chi connectivity index (χ2v) is 7.85. The summed E-state index contributed by atoms with van der Waals surface area (Å²) in [5, 5.41) is 1.57. The molecule has 0 amide bonds. The summed E-state index contributed by atoms with van der Waals surface area (Å²) in [6, 6.07) is 21.5. The van der Waals surface area contributed by atoms with Crippen LogP contribution in [0.25, 0.3) is 16.6 Å². The molecule has 3 aromatic carbocycles. The van der Waals surface area contributed by atoms with Crippen molar-refractivity contribution < 1.29 is 9.53 Å². The van der Waals surface area contributed by atoms with Gasteiger partial charge in [0.15, 0.2) is 10.9 Å². The number of ether oxygens (including phenoxy) is 1. The molecule has 0 radical (unpaired) electrons. The third-order valence-electron chi connectivity index (χ3n) is 4.59. The van der Waals surface area contributed by atoms with Gasteiger partial charge in [-0.2, -0.15) is 4.98 Å². The van der Waals surface area contributed by atoms with Crippen LogP contribution in [0, 0.1) is 0 Å². The van der Waals surface area contributed by atoms with E-state index >= 15 is 0 Å². The molecule has 1 aromatic heterocycles. The monoisotopic (exact) mass is 436 g/mol. The quantitative estimate of drug-likeness (QED) is 0.241. The average molecular weight is 437 g/mol. The zero-order valence-electron chi connectivity index (χ0n) is 16.0. The van der Waals surface area contributed by atoms with Gasteiger partial charge in [-0.1, -0.05) is 35.5 Å². The highest BCUT2D eigenvalue weighted by molar-refractivity contribution is 7.99. The number of rotatable bonds is 6. The van der Waals surface area contributed by atoms with Crippen LogP contribution in [0.2, 0.25) is 5.02 Å². The fourth-order valence-electron chi connectivity index (χ4n) is 3.08. The number of carbonyl (C=O) groups is 1. The lowest BCUT2D eigenvalue weighted by Crippen LogP contribution is -2.16. The summed E-state index contributed by atoms with van der Waals surface area (Å²) in [7, 11) is 1.58. The molecule has 4 aromatic rings. The van der Waals surface area contributed by atoms with E-state index in [4.69, 9.17) is 16.3 Å². The smallest absolute Gasteiger partial charge is 0.281 e. The minimum absolute atomic E-state index is 0.0623. The van der Waals surface area contributed by atoms with Gasteiger partial charge in [0.2, 0.25) is 0 Å². The zero-order chi connectivity index (χ0) is 21.1. The molecule has 30 heavy (non-hydrogen) atoms.